The number of nitrogens with one attached hydrogen (secondary N) is 1. The molecule has 162 valence electrons. The van der Waals surface area contributed by atoms with Crippen molar-refractivity contribution in [2.75, 3.05) is 19.0 Å². The number of fused-ring (bicyclic) bond motifs is 1. The van der Waals surface area contributed by atoms with Crippen LogP contribution in [0.15, 0.2) is 48.5 Å². The van der Waals surface area contributed by atoms with Gasteiger partial charge in [0.25, 0.3) is 17.7 Å². The van der Waals surface area contributed by atoms with Crippen molar-refractivity contribution in [2.45, 2.75) is 26.3 Å². The molecule has 1 heterocycles. The summed E-state index contributed by atoms with van der Waals surface area (Å²) in [5, 5.41) is 2.61. The molecule has 2 aromatic carbocycles. The smallest absolute Gasteiger partial charge is 0.329 e. The molecule has 0 fully saturated rings. The minimum Gasteiger partial charge on any atom is -0.495 e. The van der Waals surface area contributed by atoms with Gasteiger partial charge in [-0.2, -0.15) is 0 Å². The van der Waals surface area contributed by atoms with Crippen LogP contribution in [-0.4, -0.2) is 48.3 Å². The molecule has 8 heteroatoms. The van der Waals surface area contributed by atoms with Gasteiger partial charge in [-0.25, -0.2) is 4.79 Å². The van der Waals surface area contributed by atoms with Crippen LogP contribution in [0.4, 0.5) is 5.69 Å². The van der Waals surface area contributed by atoms with E-state index in [1.54, 1.807) is 48.5 Å². The molecule has 1 N–H and O–H groups in total. The molecule has 0 spiro atoms. The average Bonchev–Trinajstić information content (AvgIpc) is 3.01. The average molecular weight is 424 g/mol. The fourth-order valence-corrected chi connectivity index (χ4v) is 3.41. The first kappa shape index (κ1) is 22.0. The van der Waals surface area contributed by atoms with E-state index in [9.17, 15) is 19.2 Å². The Balaban J connectivity index is 1.70. The summed E-state index contributed by atoms with van der Waals surface area (Å²) in [6, 6.07) is 12.1. The van der Waals surface area contributed by atoms with Crippen molar-refractivity contribution in [3.8, 4) is 5.75 Å². The van der Waals surface area contributed by atoms with Crippen molar-refractivity contribution in [3.63, 3.8) is 0 Å². The third-order valence-electron chi connectivity index (χ3n) is 4.83. The highest BCUT2D eigenvalue weighted by atomic mass is 16.5. The van der Waals surface area contributed by atoms with Crippen molar-refractivity contribution in [1.29, 1.82) is 0 Å². The largest absolute Gasteiger partial charge is 0.495 e. The van der Waals surface area contributed by atoms with Gasteiger partial charge >= 0.3 is 5.97 Å². The molecule has 0 bridgehead atoms. The lowest BCUT2D eigenvalue weighted by atomic mass is 10.0. The first-order chi connectivity index (χ1) is 14.8. The number of esters is 1. The molecule has 8 nitrogen and oxygen atoms in total. The van der Waals surface area contributed by atoms with Crippen LogP contribution < -0.4 is 10.1 Å². The fourth-order valence-electron chi connectivity index (χ4n) is 3.41. The zero-order valence-electron chi connectivity index (χ0n) is 17.6. The van der Waals surface area contributed by atoms with Gasteiger partial charge < -0.3 is 14.8 Å². The molecule has 1 aliphatic heterocycles. The van der Waals surface area contributed by atoms with Gasteiger partial charge in [-0.15, -0.1) is 0 Å². The Kier molecular flexibility index (Phi) is 6.69. The van der Waals surface area contributed by atoms with Gasteiger partial charge in [0.2, 0.25) is 0 Å². The number of carbonyl (C=O) groups excluding carboxylic acids is 4. The molecule has 2 aromatic rings. The van der Waals surface area contributed by atoms with E-state index < -0.39 is 36.3 Å². The predicted octanol–water partition coefficient (Wildman–Crippen LogP) is 2.89. The van der Waals surface area contributed by atoms with Crippen LogP contribution in [0.25, 0.3) is 0 Å². The topological polar surface area (TPSA) is 102 Å². The third-order valence-corrected chi connectivity index (χ3v) is 4.83. The highest BCUT2D eigenvalue weighted by Crippen LogP contribution is 2.27. The second-order valence-electron chi connectivity index (χ2n) is 7.53. The number of ether oxygens (including phenoxy) is 2. The van der Waals surface area contributed by atoms with Gasteiger partial charge in [0.1, 0.15) is 11.8 Å². The van der Waals surface area contributed by atoms with Crippen LogP contribution in [0.2, 0.25) is 0 Å². The minimum atomic E-state index is -1.12. The maximum Gasteiger partial charge on any atom is 0.329 e. The molecule has 3 rings (SSSR count). The fraction of sp³-hybridized carbons (Fsp3) is 0.304. The Morgan fingerprint density at radius 3 is 2.13 bits per heavy atom. The molecule has 0 aromatic heterocycles. The second-order valence-corrected chi connectivity index (χ2v) is 7.53. The summed E-state index contributed by atoms with van der Waals surface area (Å²) in [6.45, 7) is 3.17. The summed E-state index contributed by atoms with van der Waals surface area (Å²) in [5.74, 6) is -1.99. The number of nitrogens with zero attached hydrogens (tertiary/aromatic N) is 1. The number of hydrogen-bond acceptors (Lipinski definition) is 6. The van der Waals surface area contributed by atoms with E-state index in [4.69, 9.17) is 9.47 Å². The first-order valence-electron chi connectivity index (χ1n) is 9.90. The van der Waals surface area contributed by atoms with Crippen LogP contribution in [-0.2, 0) is 14.3 Å². The lowest BCUT2D eigenvalue weighted by Gasteiger charge is -2.25. The van der Waals surface area contributed by atoms with Gasteiger partial charge in [-0.3, -0.25) is 19.3 Å². The molecule has 0 saturated heterocycles. The van der Waals surface area contributed by atoms with Gasteiger partial charge in [-0.1, -0.05) is 38.1 Å². The quantitative estimate of drug-likeness (QED) is 0.516. The molecule has 0 radical (unpaired) electrons. The molecule has 0 aliphatic carbocycles. The van der Waals surface area contributed by atoms with Gasteiger partial charge in [0.15, 0.2) is 6.61 Å². The number of para-hydroxylation sites is 2. The van der Waals surface area contributed by atoms with Crippen molar-refractivity contribution in [2.24, 2.45) is 5.92 Å². The maximum absolute atomic E-state index is 12.8. The lowest BCUT2D eigenvalue weighted by molar-refractivity contribution is -0.151. The number of rotatable bonds is 8. The van der Waals surface area contributed by atoms with Crippen LogP contribution in [0.5, 0.6) is 5.75 Å². The number of anilines is 1. The normalized spacial score (nSPS) is 13.7. The Bertz CT molecular complexity index is 982. The summed E-state index contributed by atoms with van der Waals surface area (Å²) in [5.41, 5.74) is 0.941. The van der Waals surface area contributed by atoms with E-state index in [0.717, 1.165) is 4.90 Å². The summed E-state index contributed by atoms with van der Waals surface area (Å²) in [7, 11) is 1.48. The maximum atomic E-state index is 12.8. The number of hydrogen-bond donors (Lipinski definition) is 1. The number of benzene rings is 2. The first-order valence-corrected chi connectivity index (χ1v) is 9.90. The molecule has 1 atom stereocenters. The monoisotopic (exact) mass is 424 g/mol. The Hall–Kier alpha value is -3.68. The van der Waals surface area contributed by atoms with Gasteiger partial charge in [-0.05, 0) is 36.6 Å². The Morgan fingerprint density at radius 2 is 1.55 bits per heavy atom. The number of carbonyl (C=O) groups is 4. The summed E-state index contributed by atoms with van der Waals surface area (Å²) < 4.78 is 10.4. The molecule has 1 aliphatic rings. The molecular weight excluding hydrogens is 400 g/mol. The molecule has 0 saturated carbocycles. The number of methoxy groups -OCH3 is 1. The SMILES string of the molecule is COc1ccccc1NC(=O)COC(=O)[C@@H](CC(C)C)N1C(=O)c2ccccc2C1=O. The van der Waals surface area contributed by atoms with E-state index in [1.807, 2.05) is 13.8 Å². The minimum absolute atomic E-state index is 0.00395. The summed E-state index contributed by atoms with van der Waals surface area (Å²) in [4.78, 5) is 51.6. The zero-order valence-corrected chi connectivity index (χ0v) is 17.6. The Morgan fingerprint density at radius 1 is 0.968 bits per heavy atom. The van der Waals surface area contributed by atoms with Crippen molar-refractivity contribution >= 4 is 29.4 Å². The van der Waals surface area contributed by atoms with Crippen molar-refractivity contribution < 1.29 is 28.7 Å². The Labute approximate surface area is 180 Å². The predicted molar refractivity (Wildman–Crippen MR) is 113 cm³/mol. The highest BCUT2D eigenvalue weighted by Gasteiger charge is 2.43. The van der Waals surface area contributed by atoms with Crippen LogP contribution >= 0.6 is 0 Å². The van der Waals surface area contributed by atoms with Gasteiger partial charge in [0, 0.05) is 0 Å². The second kappa shape index (κ2) is 9.42. The van der Waals surface area contributed by atoms with Crippen LogP contribution in [0.1, 0.15) is 41.0 Å². The third kappa shape index (κ3) is 4.74. The van der Waals surface area contributed by atoms with E-state index in [1.165, 1.54) is 7.11 Å². The molecular formula is C23H24N2O6. The van der Waals surface area contributed by atoms with E-state index in [2.05, 4.69) is 5.32 Å². The van der Waals surface area contributed by atoms with Crippen LogP contribution in [0.3, 0.4) is 0 Å². The standard InChI is InChI=1S/C23H24N2O6/c1-14(2)12-18(25-21(27)15-8-4-5-9-16(15)22(25)28)23(29)31-13-20(26)24-17-10-6-7-11-19(17)30-3/h4-11,14,18H,12-13H2,1-3H3,(H,24,26)/t18-/m1/s1. The van der Waals surface area contributed by atoms with Crippen LogP contribution in [0, 0.1) is 5.92 Å². The lowest BCUT2D eigenvalue weighted by Crippen LogP contribution is -2.46. The van der Waals surface area contributed by atoms with E-state index >= 15 is 0 Å². The van der Waals surface area contributed by atoms with Gasteiger partial charge in [0.05, 0.1) is 23.9 Å². The number of amides is 3. The molecule has 0 unspecified atom stereocenters. The summed E-state index contributed by atoms with van der Waals surface area (Å²) in [6.07, 6.45) is 0.221. The number of imide groups is 1. The van der Waals surface area contributed by atoms with Crippen molar-refractivity contribution in [3.05, 3.63) is 59.7 Å². The highest BCUT2D eigenvalue weighted by molar-refractivity contribution is 6.22. The zero-order chi connectivity index (χ0) is 22.5. The molecule has 3 amide bonds. The van der Waals surface area contributed by atoms with E-state index in [-0.39, 0.29) is 23.5 Å². The molecule has 31 heavy (non-hydrogen) atoms. The van der Waals surface area contributed by atoms with Crippen molar-refractivity contribution in [1.82, 2.24) is 4.90 Å². The summed E-state index contributed by atoms with van der Waals surface area (Å²) >= 11 is 0. The van der Waals surface area contributed by atoms with E-state index in [0.29, 0.717) is 11.4 Å².